The number of esters is 2. The summed E-state index contributed by atoms with van der Waals surface area (Å²) in [7, 11) is 0. The van der Waals surface area contributed by atoms with Gasteiger partial charge in [0, 0.05) is 18.6 Å². The second-order valence-electron chi connectivity index (χ2n) is 9.64. The molecule has 0 radical (unpaired) electrons. The van der Waals surface area contributed by atoms with Crippen LogP contribution in [0.2, 0.25) is 0 Å². The van der Waals surface area contributed by atoms with Crippen LogP contribution in [0, 0.1) is 5.41 Å². The Hall–Kier alpha value is -3.19. The molecule has 1 fully saturated rings. The fourth-order valence-corrected chi connectivity index (χ4v) is 2.49. The fraction of sp³-hybridized carbons (Fsp3) is 0.516. The molecule has 1 saturated heterocycles. The van der Waals surface area contributed by atoms with Crippen molar-refractivity contribution in [3.63, 3.8) is 0 Å². The first kappa shape index (κ1) is 37.0. The van der Waals surface area contributed by atoms with E-state index >= 15 is 0 Å². The van der Waals surface area contributed by atoms with Gasteiger partial charge >= 0.3 is 17.9 Å². The monoisotopic (exact) mass is 532 g/mol. The zero-order valence-corrected chi connectivity index (χ0v) is 23.8. The van der Waals surface area contributed by atoms with Gasteiger partial charge < -0.3 is 19.3 Å². The van der Waals surface area contributed by atoms with E-state index in [9.17, 15) is 14.4 Å². The second kappa shape index (κ2) is 24.2. The smallest absolute Gasteiger partial charge is 0.330 e. The lowest BCUT2D eigenvalue weighted by Crippen LogP contribution is -2.09. The van der Waals surface area contributed by atoms with Crippen LogP contribution < -0.4 is 0 Å². The number of carboxylic acid groups (broad SMARTS) is 1. The molecule has 0 aromatic heterocycles. The third kappa shape index (κ3) is 30.8. The molecular weight excluding hydrogens is 484 g/mol. The third-order valence-electron chi connectivity index (χ3n) is 4.76. The highest BCUT2D eigenvalue weighted by Gasteiger charge is 2.23. The maximum absolute atomic E-state index is 11.3. The third-order valence-corrected chi connectivity index (χ3v) is 4.76. The molecular formula is C31H48O7. The average Bonchev–Trinajstić information content (AvgIpc) is 3.73. The van der Waals surface area contributed by atoms with Crippen LogP contribution in [0.5, 0.6) is 0 Å². The van der Waals surface area contributed by atoms with Crippen molar-refractivity contribution in [3.05, 3.63) is 67.8 Å². The number of unbranched alkanes of at least 4 members (excludes halogenated alkanes) is 3. The van der Waals surface area contributed by atoms with Crippen molar-refractivity contribution in [3.8, 4) is 0 Å². The van der Waals surface area contributed by atoms with Crippen LogP contribution in [0.15, 0.2) is 62.2 Å². The van der Waals surface area contributed by atoms with Gasteiger partial charge in [-0.25, -0.2) is 9.59 Å². The van der Waals surface area contributed by atoms with E-state index in [1.54, 1.807) is 0 Å². The van der Waals surface area contributed by atoms with Crippen LogP contribution in [0.3, 0.4) is 0 Å². The van der Waals surface area contributed by atoms with E-state index in [0.29, 0.717) is 25.0 Å². The van der Waals surface area contributed by atoms with Gasteiger partial charge in [0.15, 0.2) is 0 Å². The van der Waals surface area contributed by atoms with Gasteiger partial charge in [-0.1, -0.05) is 103 Å². The van der Waals surface area contributed by atoms with E-state index < -0.39 is 5.97 Å². The Labute approximate surface area is 229 Å². The normalized spacial score (nSPS) is 12.9. The van der Waals surface area contributed by atoms with Crippen LogP contribution in [0.4, 0.5) is 0 Å². The minimum absolute atomic E-state index is 0.0775. The predicted molar refractivity (Wildman–Crippen MR) is 154 cm³/mol. The molecule has 0 spiro atoms. The zero-order valence-electron chi connectivity index (χ0n) is 23.8. The molecule has 1 aromatic carbocycles. The summed E-state index contributed by atoms with van der Waals surface area (Å²) in [6, 6.07) is 10.0. The lowest BCUT2D eigenvalue weighted by atomic mass is 9.89. The first-order chi connectivity index (χ1) is 18.0. The van der Waals surface area contributed by atoms with Gasteiger partial charge in [-0.2, -0.15) is 0 Å². The molecule has 0 amide bonds. The Kier molecular flexibility index (Phi) is 23.5. The van der Waals surface area contributed by atoms with Crippen molar-refractivity contribution < 1.29 is 33.7 Å². The molecule has 0 saturated carbocycles. The fourth-order valence-electron chi connectivity index (χ4n) is 2.49. The van der Waals surface area contributed by atoms with Crippen LogP contribution in [0.25, 0.3) is 6.08 Å². The number of epoxide rings is 1. The molecule has 7 nitrogen and oxygen atoms in total. The largest absolute Gasteiger partial charge is 0.478 e. The first-order valence-corrected chi connectivity index (χ1v) is 13.1. The van der Waals surface area contributed by atoms with Crippen molar-refractivity contribution in [1.82, 2.24) is 0 Å². The van der Waals surface area contributed by atoms with Gasteiger partial charge in [0.1, 0.15) is 12.7 Å². The van der Waals surface area contributed by atoms with Gasteiger partial charge in [-0.05, 0) is 30.2 Å². The Morgan fingerprint density at radius 3 is 2.03 bits per heavy atom. The van der Waals surface area contributed by atoms with Crippen molar-refractivity contribution in [2.24, 2.45) is 5.41 Å². The van der Waals surface area contributed by atoms with Crippen LogP contribution in [-0.4, -0.2) is 48.9 Å². The number of rotatable bonds is 13. The quantitative estimate of drug-likeness (QED) is 0.126. The number of carbonyl (C=O) groups is 3. The predicted octanol–water partition coefficient (Wildman–Crippen LogP) is 7.03. The minimum Gasteiger partial charge on any atom is -0.478 e. The number of benzene rings is 1. The summed E-state index contributed by atoms with van der Waals surface area (Å²) in [4.78, 5) is 30.9. The van der Waals surface area contributed by atoms with Gasteiger partial charge in [0.05, 0.1) is 13.2 Å². The average molecular weight is 533 g/mol. The summed E-state index contributed by atoms with van der Waals surface area (Å²) < 4.78 is 14.7. The van der Waals surface area contributed by atoms with Crippen LogP contribution in [-0.2, 0) is 28.6 Å². The van der Waals surface area contributed by atoms with Crippen molar-refractivity contribution >= 4 is 24.0 Å². The maximum atomic E-state index is 11.3. The van der Waals surface area contributed by atoms with Gasteiger partial charge in [-0.15, -0.1) is 0 Å². The molecule has 38 heavy (non-hydrogen) atoms. The lowest BCUT2D eigenvalue weighted by molar-refractivity contribution is -0.144. The number of ether oxygens (including phenoxy) is 3. The highest BCUT2D eigenvalue weighted by molar-refractivity contribution is 5.81. The maximum Gasteiger partial charge on any atom is 0.330 e. The van der Waals surface area contributed by atoms with Gasteiger partial charge in [0.25, 0.3) is 0 Å². The molecule has 1 atom stereocenters. The number of carboxylic acids is 1. The molecule has 1 unspecified atom stereocenters. The Balaban J connectivity index is 0. The molecule has 214 valence electrons. The summed E-state index contributed by atoms with van der Waals surface area (Å²) in [5, 5.41) is 7.60. The number of hydrogen-bond acceptors (Lipinski definition) is 6. The SMILES string of the molecule is C=CC(=O)O.C=CC(=O)OCCCC.C=Cc1ccccc1.CC(C)(C)CCCCCC(=O)OCC1CO1. The molecule has 1 aromatic rings. The Bertz CT molecular complexity index is 790. The molecule has 1 aliphatic heterocycles. The van der Waals surface area contributed by atoms with E-state index in [-0.39, 0.29) is 18.0 Å². The topological polar surface area (TPSA) is 102 Å². The molecule has 0 bridgehead atoms. The molecule has 0 aliphatic carbocycles. The summed E-state index contributed by atoms with van der Waals surface area (Å²) >= 11 is 0. The summed E-state index contributed by atoms with van der Waals surface area (Å²) in [6.45, 7) is 20.3. The molecule has 1 aliphatic rings. The Morgan fingerprint density at radius 2 is 1.61 bits per heavy atom. The number of carbonyl (C=O) groups excluding carboxylic acids is 2. The second-order valence-corrected chi connectivity index (χ2v) is 9.64. The zero-order chi connectivity index (χ0) is 29.2. The highest BCUT2D eigenvalue weighted by atomic mass is 16.6. The Morgan fingerprint density at radius 1 is 1.00 bits per heavy atom. The molecule has 1 N–H and O–H groups in total. The lowest BCUT2D eigenvalue weighted by Gasteiger charge is -2.17. The van der Waals surface area contributed by atoms with E-state index in [1.165, 1.54) is 24.5 Å². The van der Waals surface area contributed by atoms with E-state index in [2.05, 4.69) is 45.2 Å². The van der Waals surface area contributed by atoms with Crippen LogP contribution >= 0.6 is 0 Å². The first-order valence-electron chi connectivity index (χ1n) is 13.1. The van der Waals surface area contributed by atoms with Crippen molar-refractivity contribution in [1.29, 1.82) is 0 Å². The summed E-state index contributed by atoms with van der Waals surface area (Å²) in [5.41, 5.74) is 1.58. The van der Waals surface area contributed by atoms with Crippen molar-refractivity contribution in [2.45, 2.75) is 78.7 Å². The van der Waals surface area contributed by atoms with E-state index in [4.69, 9.17) is 14.6 Å². The van der Waals surface area contributed by atoms with E-state index in [0.717, 1.165) is 38.4 Å². The molecule has 7 heteroatoms. The van der Waals surface area contributed by atoms with Gasteiger partial charge in [0.2, 0.25) is 0 Å². The summed E-state index contributed by atoms with van der Waals surface area (Å²) in [5.74, 6) is -1.39. The minimum atomic E-state index is -0.981. The molecule has 1 heterocycles. The molecule has 2 rings (SSSR count). The standard InChI is InChI=1S/C13H24O3.C8H8.C7H12O2.C3H4O2/c1-13(2,3)8-6-4-5-7-12(14)16-10-11-9-15-11;1-2-8-6-4-3-5-7-8;1-3-5-6-9-7(8)4-2;1-2-3(4)5/h11H,4-10H2,1-3H3;2-7H,1H2;4H,2-3,5-6H2,1H3;2H,1H2,(H,4,5). The van der Waals surface area contributed by atoms with E-state index in [1.807, 2.05) is 43.3 Å². The number of aliphatic carboxylic acids is 1. The van der Waals surface area contributed by atoms with Crippen molar-refractivity contribution in [2.75, 3.05) is 19.8 Å². The highest BCUT2D eigenvalue weighted by Crippen LogP contribution is 2.22. The van der Waals surface area contributed by atoms with Gasteiger partial charge in [-0.3, -0.25) is 4.79 Å². The number of hydrogen-bond donors (Lipinski definition) is 1. The summed E-state index contributed by atoms with van der Waals surface area (Å²) in [6.07, 6.45) is 11.0. The van der Waals surface area contributed by atoms with Crippen LogP contribution in [0.1, 0.15) is 78.2 Å².